The molecule has 2 aromatic rings. The Balaban J connectivity index is 2.92. The van der Waals surface area contributed by atoms with E-state index in [1.54, 1.807) is 7.11 Å². The van der Waals surface area contributed by atoms with Crippen LogP contribution in [0.1, 0.15) is 11.3 Å². The molecule has 20 heavy (non-hydrogen) atoms. The summed E-state index contributed by atoms with van der Waals surface area (Å²) >= 11 is 6.40. The first kappa shape index (κ1) is 14.9. The number of ether oxygens (including phenoxy) is 1. The molecule has 0 saturated heterocycles. The van der Waals surface area contributed by atoms with E-state index in [0.29, 0.717) is 11.6 Å². The van der Waals surface area contributed by atoms with Crippen LogP contribution < -0.4 is 15.0 Å². The second kappa shape index (κ2) is 5.85. The van der Waals surface area contributed by atoms with Crippen LogP contribution in [0.4, 0.5) is 5.69 Å². The van der Waals surface area contributed by atoms with Crippen LogP contribution in [0.2, 0.25) is 5.02 Å². The first-order valence-electron chi connectivity index (χ1n) is 6.48. The molecule has 0 bridgehead atoms. The minimum absolute atomic E-state index is 0.691. The van der Waals surface area contributed by atoms with Crippen molar-refractivity contribution >= 4 is 28.2 Å². The molecule has 1 aromatic carbocycles. The van der Waals surface area contributed by atoms with Gasteiger partial charge in [-0.3, -0.25) is 0 Å². The number of aromatic nitrogens is 1. The lowest BCUT2D eigenvalue weighted by molar-refractivity contribution is 0.419. The van der Waals surface area contributed by atoms with E-state index in [0.717, 1.165) is 33.6 Å². The van der Waals surface area contributed by atoms with Crippen LogP contribution in [-0.4, -0.2) is 33.2 Å². The van der Waals surface area contributed by atoms with Crippen molar-refractivity contribution in [2.24, 2.45) is 0 Å². The van der Waals surface area contributed by atoms with Gasteiger partial charge < -0.3 is 15.0 Å². The largest absolute Gasteiger partial charge is 0.494 e. The van der Waals surface area contributed by atoms with Crippen LogP contribution in [0.3, 0.4) is 0 Å². The number of hydrogen-bond donors (Lipinski definition) is 1. The van der Waals surface area contributed by atoms with Gasteiger partial charge in [0.15, 0.2) is 0 Å². The lowest BCUT2D eigenvalue weighted by Gasteiger charge is -2.22. The second-order valence-electron chi connectivity index (χ2n) is 4.93. The summed E-state index contributed by atoms with van der Waals surface area (Å²) in [5, 5.41) is 4.78. The molecule has 1 N–H and O–H groups in total. The molecule has 4 nitrogen and oxygen atoms in total. The Morgan fingerprint density at radius 2 is 2.05 bits per heavy atom. The SMILES string of the molecule is CNCc1nc2c(OC)ccc(Cl)c2c(N(C)C)c1C. The van der Waals surface area contributed by atoms with Crippen molar-refractivity contribution < 1.29 is 4.74 Å². The summed E-state index contributed by atoms with van der Waals surface area (Å²) in [4.78, 5) is 6.81. The normalized spacial score (nSPS) is 10.9. The maximum atomic E-state index is 6.40. The number of anilines is 1. The zero-order chi connectivity index (χ0) is 14.9. The van der Waals surface area contributed by atoms with Crippen molar-refractivity contribution in [3.63, 3.8) is 0 Å². The number of halogens is 1. The Kier molecular flexibility index (Phi) is 4.35. The van der Waals surface area contributed by atoms with E-state index >= 15 is 0 Å². The standard InChI is InChI=1S/C15H20ClN3O/c1-9-11(8-17-2)18-14-12(20-5)7-6-10(16)13(14)15(9)19(3)4/h6-7,17H,8H2,1-5H3. The summed E-state index contributed by atoms with van der Waals surface area (Å²) in [7, 11) is 7.59. The minimum Gasteiger partial charge on any atom is -0.494 e. The van der Waals surface area contributed by atoms with Crippen LogP contribution >= 0.6 is 11.6 Å². The quantitative estimate of drug-likeness (QED) is 0.940. The highest BCUT2D eigenvalue weighted by Gasteiger charge is 2.18. The van der Waals surface area contributed by atoms with Gasteiger partial charge in [-0.15, -0.1) is 0 Å². The molecule has 5 heteroatoms. The van der Waals surface area contributed by atoms with Crippen LogP contribution in [0, 0.1) is 6.92 Å². The van der Waals surface area contributed by atoms with Gasteiger partial charge in [-0.2, -0.15) is 0 Å². The molecule has 0 aliphatic heterocycles. The first-order valence-corrected chi connectivity index (χ1v) is 6.86. The summed E-state index contributed by atoms with van der Waals surface area (Å²) < 4.78 is 5.43. The minimum atomic E-state index is 0.691. The highest BCUT2D eigenvalue weighted by molar-refractivity contribution is 6.36. The van der Waals surface area contributed by atoms with E-state index in [1.807, 2.05) is 33.3 Å². The number of pyridine rings is 1. The fourth-order valence-electron chi connectivity index (χ4n) is 2.49. The van der Waals surface area contributed by atoms with Gasteiger partial charge in [-0.1, -0.05) is 11.6 Å². The van der Waals surface area contributed by atoms with Gasteiger partial charge in [0.2, 0.25) is 0 Å². The molecule has 0 saturated carbocycles. The van der Waals surface area contributed by atoms with Gasteiger partial charge in [0.05, 0.1) is 23.5 Å². The van der Waals surface area contributed by atoms with Gasteiger partial charge >= 0.3 is 0 Å². The topological polar surface area (TPSA) is 37.4 Å². The lowest BCUT2D eigenvalue weighted by Crippen LogP contribution is -2.16. The van der Waals surface area contributed by atoms with Gasteiger partial charge in [0.25, 0.3) is 0 Å². The molecular weight excluding hydrogens is 274 g/mol. The molecule has 0 radical (unpaired) electrons. The summed E-state index contributed by atoms with van der Waals surface area (Å²) in [6, 6.07) is 3.71. The highest BCUT2D eigenvalue weighted by atomic mass is 35.5. The molecule has 2 rings (SSSR count). The first-order chi connectivity index (χ1) is 9.51. The molecule has 0 spiro atoms. The molecule has 1 heterocycles. The number of hydrogen-bond acceptors (Lipinski definition) is 4. The van der Waals surface area contributed by atoms with E-state index in [-0.39, 0.29) is 0 Å². The van der Waals surface area contributed by atoms with Crippen LogP contribution in [0.15, 0.2) is 12.1 Å². The van der Waals surface area contributed by atoms with Crippen LogP contribution in [0.5, 0.6) is 5.75 Å². The monoisotopic (exact) mass is 293 g/mol. The fraction of sp³-hybridized carbons (Fsp3) is 0.400. The van der Waals surface area contributed by atoms with E-state index in [1.165, 1.54) is 0 Å². The molecule has 1 aromatic heterocycles. The van der Waals surface area contributed by atoms with Crippen molar-refractivity contribution in [3.05, 3.63) is 28.4 Å². The molecule has 0 fully saturated rings. The summed E-state index contributed by atoms with van der Waals surface area (Å²) in [6.45, 7) is 2.78. The molecule has 0 amide bonds. The lowest BCUT2D eigenvalue weighted by atomic mass is 10.1. The summed E-state index contributed by atoms with van der Waals surface area (Å²) in [5.41, 5.74) is 4.03. The molecule has 0 unspecified atom stereocenters. The third kappa shape index (κ3) is 2.41. The van der Waals surface area contributed by atoms with Gasteiger partial charge in [0, 0.05) is 26.0 Å². The van der Waals surface area contributed by atoms with Crippen molar-refractivity contribution in [3.8, 4) is 5.75 Å². The summed E-state index contributed by atoms with van der Waals surface area (Å²) in [5.74, 6) is 0.741. The number of rotatable bonds is 4. The molecule has 0 atom stereocenters. The average molecular weight is 294 g/mol. The number of nitrogens with one attached hydrogen (secondary N) is 1. The smallest absolute Gasteiger partial charge is 0.145 e. The van der Waals surface area contributed by atoms with Crippen molar-refractivity contribution in [1.82, 2.24) is 10.3 Å². The zero-order valence-corrected chi connectivity index (χ0v) is 13.3. The number of fused-ring (bicyclic) bond motifs is 1. The van der Waals surface area contributed by atoms with E-state index < -0.39 is 0 Å². The molecule has 0 aliphatic carbocycles. The number of nitrogens with zero attached hydrogens (tertiary/aromatic N) is 2. The maximum Gasteiger partial charge on any atom is 0.145 e. The second-order valence-corrected chi connectivity index (χ2v) is 5.34. The third-order valence-electron chi connectivity index (χ3n) is 3.37. The van der Waals surface area contributed by atoms with Crippen molar-refractivity contribution in [1.29, 1.82) is 0 Å². The molecule has 0 aliphatic rings. The Bertz CT molecular complexity index is 641. The van der Waals surface area contributed by atoms with Crippen molar-refractivity contribution in [2.75, 3.05) is 33.2 Å². The van der Waals surface area contributed by atoms with Gasteiger partial charge in [0.1, 0.15) is 11.3 Å². The molecular formula is C15H20ClN3O. The van der Waals surface area contributed by atoms with Crippen LogP contribution in [0.25, 0.3) is 10.9 Å². The average Bonchev–Trinajstić information content (AvgIpc) is 2.40. The van der Waals surface area contributed by atoms with Gasteiger partial charge in [-0.05, 0) is 31.7 Å². The Hall–Kier alpha value is -1.52. The fourth-order valence-corrected chi connectivity index (χ4v) is 2.73. The zero-order valence-electron chi connectivity index (χ0n) is 12.5. The van der Waals surface area contributed by atoms with Crippen molar-refractivity contribution in [2.45, 2.75) is 13.5 Å². The Labute approximate surface area is 124 Å². The Morgan fingerprint density at radius 1 is 1.35 bits per heavy atom. The predicted octanol–water partition coefficient (Wildman–Crippen LogP) is 2.99. The van der Waals surface area contributed by atoms with Gasteiger partial charge in [-0.25, -0.2) is 4.98 Å². The summed E-state index contributed by atoms with van der Waals surface area (Å²) in [6.07, 6.45) is 0. The maximum absolute atomic E-state index is 6.40. The number of methoxy groups -OCH3 is 1. The van der Waals surface area contributed by atoms with E-state index in [9.17, 15) is 0 Å². The Morgan fingerprint density at radius 3 is 2.60 bits per heavy atom. The van der Waals surface area contributed by atoms with Crippen LogP contribution in [-0.2, 0) is 6.54 Å². The third-order valence-corrected chi connectivity index (χ3v) is 3.69. The van der Waals surface area contributed by atoms with E-state index in [2.05, 4.69) is 17.1 Å². The highest BCUT2D eigenvalue weighted by Crippen LogP contribution is 2.39. The predicted molar refractivity (Wildman–Crippen MR) is 85.1 cm³/mol. The molecule has 108 valence electrons. The number of benzene rings is 1. The van der Waals surface area contributed by atoms with E-state index in [4.69, 9.17) is 21.3 Å².